The molecule has 0 radical (unpaired) electrons. The zero-order valence-corrected chi connectivity index (χ0v) is 13.6. The van der Waals surface area contributed by atoms with Gasteiger partial charge < -0.3 is 4.90 Å². The van der Waals surface area contributed by atoms with Gasteiger partial charge in [-0.2, -0.15) is 5.10 Å². The number of aromatic amines is 1. The molecule has 1 fully saturated rings. The summed E-state index contributed by atoms with van der Waals surface area (Å²) in [7, 11) is 0. The van der Waals surface area contributed by atoms with E-state index in [0.29, 0.717) is 11.6 Å². The third kappa shape index (κ3) is 3.18. The lowest BCUT2D eigenvalue weighted by atomic mass is 10.00. The van der Waals surface area contributed by atoms with Crippen LogP contribution < -0.4 is 0 Å². The molecule has 4 nitrogen and oxygen atoms in total. The van der Waals surface area contributed by atoms with Crippen LogP contribution in [0.2, 0.25) is 0 Å². The van der Waals surface area contributed by atoms with Gasteiger partial charge in [-0.25, -0.2) is 0 Å². The molecule has 0 unspecified atom stereocenters. The number of H-pyrrole nitrogens is 1. The van der Waals surface area contributed by atoms with Gasteiger partial charge in [0.15, 0.2) is 0 Å². The molecule has 3 rings (SSSR count). The van der Waals surface area contributed by atoms with Crippen LogP contribution in [0.4, 0.5) is 0 Å². The highest BCUT2D eigenvalue weighted by Gasteiger charge is 2.23. The number of hydrogen-bond donors (Lipinski definition) is 1. The summed E-state index contributed by atoms with van der Waals surface area (Å²) in [5.74, 6) is 0.633. The molecule has 0 spiro atoms. The number of carbonyl (C=O) groups is 1. The second-order valence-corrected chi connectivity index (χ2v) is 6.59. The summed E-state index contributed by atoms with van der Waals surface area (Å²) in [5, 5.41) is 7.14. The van der Waals surface area contributed by atoms with E-state index in [1.807, 2.05) is 35.2 Å². The summed E-state index contributed by atoms with van der Waals surface area (Å²) in [6.45, 7) is 3.88. The second kappa shape index (κ2) is 6.02. The zero-order chi connectivity index (χ0) is 14.8. The van der Waals surface area contributed by atoms with Crippen LogP contribution in [0.5, 0.6) is 0 Å². The topological polar surface area (TPSA) is 49.0 Å². The normalized spacial score (nSPS) is 18.8. The van der Waals surface area contributed by atoms with E-state index in [9.17, 15) is 4.79 Å². The Hall–Kier alpha value is -1.62. The van der Waals surface area contributed by atoms with Gasteiger partial charge >= 0.3 is 0 Å². The molecule has 0 bridgehead atoms. The molecule has 1 saturated heterocycles. The van der Waals surface area contributed by atoms with Crippen LogP contribution in [0.15, 0.2) is 34.8 Å². The highest BCUT2D eigenvalue weighted by molar-refractivity contribution is 9.10. The van der Waals surface area contributed by atoms with E-state index in [1.54, 1.807) is 0 Å². The van der Waals surface area contributed by atoms with E-state index in [2.05, 4.69) is 33.1 Å². The molecule has 1 N–H and O–H groups in total. The monoisotopic (exact) mass is 347 g/mol. The number of halogens is 1. The predicted octanol–water partition coefficient (Wildman–Crippen LogP) is 3.71. The SMILES string of the molecule is C[C@@H]1CCCN(C(=O)c2cc(-c3ccc(Br)cc3)n[nH]2)C1. The van der Waals surface area contributed by atoms with Crippen LogP contribution in [-0.4, -0.2) is 34.1 Å². The van der Waals surface area contributed by atoms with Gasteiger partial charge in [-0.1, -0.05) is 35.0 Å². The number of aromatic nitrogens is 2. The Morgan fingerprint density at radius 2 is 2.14 bits per heavy atom. The van der Waals surface area contributed by atoms with Crippen LogP contribution in [0, 0.1) is 5.92 Å². The average molecular weight is 348 g/mol. The molecule has 5 heteroatoms. The maximum atomic E-state index is 12.5. The van der Waals surface area contributed by atoms with Crippen molar-refractivity contribution < 1.29 is 4.79 Å². The first-order chi connectivity index (χ1) is 10.1. The molecule has 0 aliphatic carbocycles. The predicted molar refractivity (Wildman–Crippen MR) is 86.0 cm³/mol. The standard InChI is InChI=1S/C16H18BrN3O/c1-11-3-2-8-20(10-11)16(21)15-9-14(18-19-15)12-4-6-13(17)7-5-12/h4-7,9,11H,2-3,8,10H2,1H3,(H,18,19)/t11-/m1/s1. The largest absolute Gasteiger partial charge is 0.337 e. The van der Waals surface area contributed by atoms with Crippen LogP contribution in [-0.2, 0) is 0 Å². The van der Waals surface area contributed by atoms with Crippen molar-refractivity contribution in [2.24, 2.45) is 5.92 Å². The second-order valence-electron chi connectivity index (χ2n) is 5.67. The van der Waals surface area contributed by atoms with Crippen molar-refractivity contribution in [3.8, 4) is 11.3 Å². The molecule has 1 aliphatic heterocycles. The van der Waals surface area contributed by atoms with Crippen LogP contribution in [0.25, 0.3) is 11.3 Å². The molecule has 1 aliphatic rings. The highest BCUT2D eigenvalue weighted by atomic mass is 79.9. The van der Waals surface area contributed by atoms with Crippen LogP contribution in [0.1, 0.15) is 30.3 Å². The van der Waals surface area contributed by atoms with Gasteiger partial charge in [0.2, 0.25) is 0 Å². The van der Waals surface area contributed by atoms with Crippen molar-refractivity contribution in [3.63, 3.8) is 0 Å². The molecular weight excluding hydrogens is 330 g/mol. The average Bonchev–Trinajstić information content (AvgIpc) is 2.97. The van der Waals surface area contributed by atoms with Crippen molar-refractivity contribution in [2.75, 3.05) is 13.1 Å². The number of benzene rings is 1. The van der Waals surface area contributed by atoms with E-state index in [-0.39, 0.29) is 5.91 Å². The van der Waals surface area contributed by atoms with E-state index >= 15 is 0 Å². The minimum Gasteiger partial charge on any atom is -0.337 e. The molecule has 110 valence electrons. The number of nitrogens with zero attached hydrogens (tertiary/aromatic N) is 2. The Morgan fingerprint density at radius 3 is 2.86 bits per heavy atom. The number of nitrogens with one attached hydrogen (secondary N) is 1. The summed E-state index contributed by atoms with van der Waals surface area (Å²) < 4.78 is 1.03. The maximum Gasteiger partial charge on any atom is 0.271 e. The Bertz CT molecular complexity index is 635. The smallest absolute Gasteiger partial charge is 0.271 e. The fourth-order valence-electron chi connectivity index (χ4n) is 2.74. The minimum atomic E-state index is 0.0532. The number of carbonyl (C=O) groups excluding carboxylic acids is 1. The first kappa shape index (κ1) is 14.3. The van der Waals surface area contributed by atoms with Crippen LogP contribution in [0.3, 0.4) is 0 Å². The third-order valence-corrected chi connectivity index (χ3v) is 4.42. The number of amides is 1. The third-order valence-electron chi connectivity index (χ3n) is 3.89. The molecule has 1 atom stereocenters. The Kier molecular flexibility index (Phi) is 4.10. The quantitative estimate of drug-likeness (QED) is 0.899. The number of piperidine rings is 1. The summed E-state index contributed by atoms with van der Waals surface area (Å²) in [6, 6.07) is 9.75. The van der Waals surface area contributed by atoms with Crippen molar-refractivity contribution in [3.05, 3.63) is 40.5 Å². The van der Waals surface area contributed by atoms with E-state index < -0.39 is 0 Å². The molecule has 1 amide bonds. The Morgan fingerprint density at radius 1 is 1.38 bits per heavy atom. The van der Waals surface area contributed by atoms with Crippen molar-refractivity contribution >= 4 is 21.8 Å². The number of rotatable bonds is 2. The first-order valence-corrected chi connectivity index (χ1v) is 8.03. The summed E-state index contributed by atoms with van der Waals surface area (Å²) in [4.78, 5) is 14.4. The summed E-state index contributed by atoms with van der Waals surface area (Å²) >= 11 is 3.42. The number of hydrogen-bond acceptors (Lipinski definition) is 2. The van der Waals surface area contributed by atoms with Crippen molar-refractivity contribution in [2.45, 2.75) is 19.8 Å². The molecule has 2 heterocycles. The molecule has 2 aromatic rings. The van der Waals surface area contributed by atoms with Gasteiger partial charge in [-0.05, 0) is 37.0 Å². The fraction of sp³-hybridized carbons (Fsp3) is 0.375. The van der Waals surface area contributed by atoms with E-state index in [0.717, 1.165) is 35.2 Å². The van der Waals surface area contributed by atoms with Crippen molar-refractivity contribution in [1.82, 2.24) is 15.1 Å². The molecule has 0 saturated carbocycles. The van der Waals surface area contributed by atoms with Gasteiger partial charge in [-0.3, -0.25) is 9.89 Å². The van der Waals surface area contributed by atoms with Crippen LogP contribution >= 0.6 is 15.9 Å². The minimum absolute atomic E-state index is 0.0532. The lowest BCUT2D eigenvalue weighted by Crippen LogP contribution is -2.39. The van der Waals surface area contributed by atoms with Gasteiger partial charge in [-0.15, -0.1) is 0 Å². The van der Waals surface area contributed by atoms with E-state index in [4.69, 9.17) is 0 Å². The lowest BCUT2D eigenvalue weighted by Gasteiger charge is -2.30. The van der Waals surface area contributed by atoms with Gasteiger partial charge in [0, 0.05) is 23.1 Å². The summed E-state index contributed by atoms with van der Waals surface area (Å²) in [6.07, 6.45) is 2.29. The Balaban J connectivity index is 1.78. The lowest BCUT2D eigenvalue weighted by molar-refractivity contribution is 0.0677. The summed E-state index contributed by atoms with van der Waals surface area (Å²) in [5.41, 5.74) is 2.37. The number of likely N-dealkylation sites (tertiary alicyclic amines) is 1. The van der Waals surface area contributed by atoms with E-state index in [1.165, 1.54) is 6.42 Å². The zero-order valence-electron chi connectivity index (χ0n) is 12.0. The molecule has 21 heavy (non-hydrogen) atoms. The molecule has 1 aromatic heterocycles. The van der Waals surface area contributed by atoms with Gasteiger partial charge in [0.05, 0.1) is 5.69 Å². The maximum absolute atomic E-state index is 12.5. The molecule has 1 aromatic carbocycles. The van der Waals surface area contributed by atoms with Gasteiger partial charge in [0.25, 0.3) is 5.91 Å². The molecular formula is C16H18BrN3O. The first-order valence-electron chi connectivity index (χ1n) is 7.24. The van der Waals surface area contributed by atoms with Crippen molar-refractivity contribution in [1.29, 1.82) is 0 Å². The van der Waals surface area contributed by atoms with Gasteiger partial charge in [0.1, 0.15) is 5.69 Å². The fourth-order valence-corrected chi connectivity index (χ4v) is 3.01. The highest BCUT2D eigenvalue weighted by Crippen LogP contribution is 2.22. The Labute approximate surface area is 132 Å².